The van der Waals surface area contributed by atoms with Gasteiger partial charge in [0.2, 0.25) is 5.91 Å². The van der Waals surface area contributed by atoms with Crippen molar-refractivity contribution in [3.8, 4) is 0 Å². The standard InChI is InChI=1S/C88H163NO18/c1-3-5-7-9-11-13-15-17-19-21-23-25-27-29-31-33-34-35-36-38-40-42-44-46-48-50-52-54-56-58-60-62-64-66-76(94)89-71(72(93)65-63-61-59-57-55-53-51-49-47-45-43-41-39-37-32-30-28-26-24-22-20-18-16-14-12-10-8-6-4-2)70-102-86-82(100)79(97)84(74(68-91)104-86)107-88-83(101)80(98)85(75(69-92)105-88)106-87-81(99)78(96)77(95)73(67-90)103-87/h5,7,11,13,17,19,23,25,71-75,77-88,90-93,95-101H,3-4,6,8-10,12,14-16,18,20-22,24,26-70H2,1-2H3,(H,89,94)/b7-5-,13-11-,19-17-,25-23-. The summed E-state index contributed by atoms with van der Waals surface area (Å²) in [7, 11) is 0. The molecule has 0 spiro atoms. The molecule has 1 amide bonds. The van der Waals surface area contributed by atoms with Crippen LogP contribution in [-0.2, 0) is 33.2 Å². The lowest BCUT2D eigenvalue weighted by Gasteiger charge is -2.48. The minimum absolute atomic E-state index is 0.235. The average molecular weight is 1520 g/mol. The third-order valence-corrected chi connectivity index (χ3v) is 22.2. The number of amides is 1. The van der Waals surface area contributed by atoms with Crippen LogP contribution in [0.3, 0.4) is 0 Å². The predicted octanol–water partition coefficient (Wildman–Crippen LogP) is 16.4. The lowest BCUT2D eigenvalue weighted by Crippen LogP contribution is -2.66. The number of aliphatic hydroxyl groups is 11. The molecular formula is C88H163NO18. The maximum atomic E-state index is 13.5. The Morgan fingerprint density at radius 1 is 0.346 bits per heavy atom. The van der Waals surface area contributed by atoms with Gasteiger partial charge in [0.1, 0.15) is 73.2 Å². The third kappa shape index (κ3) is 47.3. The lowest BCUT2D eigenvalue weighted by atomic mass is 9.96. The third-order valence-electron chi connectivity index (χ3n) is 22.2. The molecule has 0 aliphatic carbocycles. The second-order valence-electron chi connectivity index (χ2n) is 31.7. The van der Waals surface area contributed by atoms with Crippen molar-refractivity contribution < 1.29 is 89.4 Å². The molecule has 0 aromatic rings. The van der Waals surface area contributed by atoms with Crippen LogP contribution in [0, 0.1) is 0 Å². The molecule has 19 nitrogen and oxygen atoms in total. The first-order valence-electron chi connectivity index (χ1n) is 44.4. The first-order valence-corrected chi connectivity index (χ1v) is 44.4. The molecule has 0 aromatic heterocycles. The van der Waals surface area contributed by atoms with Gasteiger partial charge in [0, 0.05) is 6.42 Å². The second kappa shape index (κ2) is 68.2. The highest BCUT2D eigenvalue weighted by atomic mass is 16.8. The molecule has 3 aliphatic rings. The Kier molecular flexibility index (Phi) is 63.0. The number of ether oxygens (including phenoxy) is 6. The van der Waals surface area contributed by atoms with E-state index in [9.17, 15) is 61.0 Å². The Morgan fingerprint density at radius 2 is 0.645 bits per heavy atom. The first kappa shape index (κ1) is 98.9. The van der Waals surface area contributed by atoms with E-state index in [0.29, 0.717) is 12.8 Å². The zero-order valence-electron chi connectivity index (χ0n) is 67.6. The molecule has 3 rings (SSSR count). The maximum Gasteiger partial charge on any atom is 0.220 e. The molecule has 0 radical (unpaired) electrons. The Bertz CT molecular complexity index is 2120. The largest absolute Gasteiger partial charge is 0.394 e. The van der Waals surface area contributed by atoms with Crippen LogP contribution in [0.2, 0.25) is 0 Å². The van der Waals surface area contributed by atoms with Crippen LogP contribution in [-0.4, -0.2) is 193 Å². The van der Waals surface area contributed by atoms with E-state index in [1.807, 2.05) is 0 Å². The van der Waals surface area contributed by atoms with Crippen molar-refractivity contribution in [2.24, 2.45) is 0 Å². The highest BCUT2D eigenvalue weighted by molar-refractivity contribution is 5.76. The molecule has 107 heavy (non-hydrogen) atoms. The summed E-state index contributed by atoms with van der Waals surface area (Å²) >= 11 is 0. The Balaban J connectivity index is 1.32. The summed E-state index contributed by atoms with van der Waals surface area (Å²) < 4.78 is 34.6. The minimum Gasteiger partial charge on any atom is -0.394 e. The van der Waals surface area contributed by atoms with Crippen LogP contribution in [0.5, 0.6) is 0 Å². The molecule has 0 saturated carbocycles. The van der Waals surface area contributed by atoms with Crippen LogP contribution in [0.4, 0.5) is 0 Å². The van der Waals surface area contributed by atoms with Gasteiger partial charge < -0.3 is 89.9 Å². The molecule has 17 atom stereocenters. The monoisotopic (exact) mass is 1520 g/mol. The fourth-order valence-corrected chi connectivity index (χ4v) is 15.1. The summed E-state index contributed by atoms with van der Waals surface area (Å²) in [5, 5.41) is 121. The molecule has 0 aromatic carbocycles. The fraction of sp³-hybridized carbons (Fsp3) is 0.898. The summed E-state index contributed by atoms with van der Waals surface area (Å²) in [5.74, 6) is -0.235. The maximum absolute atomic E-state index is 13.5. The van der Waals surface area contributed by atoms with Crippen molar-refractivity contribution in [2.45, 2.75) is 478 Å². The molecule has 3 saturated heterocycles. The predicted molar refractivity (Wildman–Crippen MR) is 429 cm³/mol. The SMILES string of the molecule is CC/C=C\C/C=C\C/C=C\C/C=C\CCCCCCCCCCCCCCCCCCCCCCC(=O)NC(COC1OC(CO)C(OC2OC(CO)C(OC3OC(CO)C(O)C(O)C3O)C(O)C2O)C(O)C1O)C(O)CCCCCCCCCCCCCCCCCCCCCCCCCCCCCCC. The van der Waals surface area contributed by atoms with Gasteiger partial charge in [-0.1, -0.05) is 364 Å². The number of carbonyl (C=O) groups excluding carboxylic acids is 1. The molecule has 12 N–H and O–H groups in total. The number of unbranched alkanes of at least 4 members (excludes halogenated alkanes) is 48. The van der Waals surface area contributed by atoms with E-state index in [1.165, 1.54) is 270 Å². The van der Waals surface area contributed by atoms with Crippen LogP contribution in [0.1, 0.15) is 373 Å². The summed E-state index contributed by atoms with van der Waals surface area (Å²) in [6.07, 6.45) is 60.7. The van der Waals surface area contributed by atoms with Crippen molar-refractivity contribution in [1.29, 1.82) is 0 Å². The van der Waals surface area contributed by atoms with Crippen LogP contribution in [0.25, 0.3) is 0 Å². The fourth-order valence-electron chi connectivity index (χ4n) is 15.1. The van der Waals surface area contributed by atoms with E-state index in [-0.39, 0.29) is 18.9 Å². The van der Waals surface area contributed by atoms with Gasteiger partial charge in [-0.25, -0.2) is 0 Å². The summed E-state index contributed by atoms with van der Waals surface area (Å²) in [6.45, 7) is 1.75. The molecule has 3 heterocycles. The van der Waals surface area contributed by atoms with Gasteiger partial charge in [-0.15, -0.1) is 0 Å². The summed E-state index contributed by atoms with van der Waals surface area (Å²) in [5.41, 5.74) is 0. The minimum atomic E-state index is -1.97. The van der Waals surface area contributed by atoms with Crippen molar-refractivity contribution in [2.75, 3.05) is 26.4 Å². The van der Waals surface area contributed by atoms with Gasteiger partial charge in [-0.05, 0) is 51.4 Å². The van der Waals surface area contributed by atoms with Crippen LogP contribution in [0.15, 0.2) is 48.6 Å². The van der Waals surface area contributed by atoms with E-state index in [2.05, 4.69) is 67.8 Å². The number of rotatable bonds is 72. The number of nitrogens with one attached hydrogen (secondary N) is 1. The normalized spacial score (nSPS) is 25.7. The molecular weight excluding hydrogens is 1360 g/mol. The number of hydrogen-bond acceptors (Lipinski definition) is 18. The molecule has 17 unspecified atom stereocenters. The molecule has 3 fully saturated rings. The smallest absolute Gasteiger partial charge is 0.220 e. The van der Waals surface area contributed by atoms with Crippen molar-refractivity contribution in [3.63, 3.8) is 0 Å². The second-order valence-corrected chi connectivity index (χ2v) is 31.7. The van der Waals surface area contributed by atoms with Crippen molar-refractivity contribution in [3.05, 3.63) is 48.6 Å². The Morgan fingerprint density at radius 3 is 1.01 bits per heavy atom. The topological polar surface area (TPSA) is 307 Å². The van der Waals surface area contributed by atoms with Crippen molar-refractivity contribution in [1.82, 2.24) is 5.32 Å². The quantitative estimate of drug-likeness (QED) is 0.0199. The van der Waals surface area contributed by atoms with Gasteiger partial charge >= 0.3 is 0 Å². The van der Waals surface area contributed by atoms with Crippen molar-refractivity contribution >= 4 is 5.91 Å². The summed E-state index contributed by atoms with van der Waals surface area (Å²) in [4.78, 5) is 13.5. The first-order chi connectivity index (χ1) is 52.3. The van der Waals surface area contributed by atoms with E-state index in [4.69, 9.17) is 28.4 Å². The lowest BCUT2D eigenvalue weighted by molar-refractivity contribution is -0.379. The number of allylic oxidation sites excluding steroid dienone is 8. The van der Waals surface area contributed by atoms with Gasteiger partial charge in [-0.2, -0.15) is 0 Å². The van der Waals surface area contributed by atoms with E-state index < -0.39 is 124 Å². The van der Waals surface area contributed by atoms with Gasteiger partial charge in [0.15, 0.2) is 18.9 Å². The van der Waals surface area contributed by atoms with E-state index in [0.717, 1.165) is 70.6 Å². The molecule has 628 valence electrons. The van der Waals surface area contributed by atoms with Crippen LogP contribution < -0.4 is 5.32 Å². The van der Waals surface area contributed by atoms with Crippen LogP contribution >= 0.6 is 0 Å². The summed E-state index contributed by atoms with van der Waals surface area (Å²) in [6, 6.07) is -0.889. The molecule has 3 aliphatic heterocycles. The van der Waals surface area contributed by atoms with Gasteiger partial charge in [0.25, 0.3) is 0 Å². The zero-order chi connectivity index (χ0) is 77.4. The van der Waals surface area contributed by atoms with E-state index >= 15 is 0 Å². The molecule has 19 heteroatoms. The highest BCUT2D eigenvalue weighted by Crippen LogP contribution is 2.34. The van der Waals surface area contributed by atoms with Gasteiger partial charge in [-0.3, -0.25) is 4.79 Å². The Labute approximate surface area is 650 Å². The highest BCUT2D eigenvalue weighted by Gasteiger charge is 2.54. The Hall–Kier alpha value is -2.25. The number of hydrogen-bond donors (Lipinski definition) is 12. The van der Waals surface area contributed by atoms with E-state index in [1.54, 1.807) is 0 Å². The molecule has 0 bridgehead atoms. The number of carbonyl (C=O) groups is 1. The zero-order valence-corrected chi connectivity index (χ0v) is 67.6. The number of aliphatic hydroxyl groups excluding tert-OH is 11. The average Bonchev–Trinajstić information content (AvgIpc) is 0.782. The van der Waals surface area contributed by atoms with Gasteiger partial charge in [0.05, 0.1) is 38.6 Å².